The first-order chi connectivity index (χ1) is 7.81. The van der Waals surface area contributed by atoms with Gasteiger partial charge in [0, 0.05) is 32.9 Å². The van der Waals surface area contributed by atoms with Gasteiger partial charge in [-0.3, -0.25) is 0 Å². The van der Waals surface area contributed by atoms with Gasteiger partial charge in [0.15, 0.2) is 0 Å². The lowest BCUT2D eigenvalue weighted by Gasteiger charge is -2.18. The molecule has 0 saturated carbocycles. The van der Waals surface area contributed by atoms with Gasteiger partial charge in [-0.2, -0.15) is 4.98 Å². The molecule has 1 rings (SSSR count). The third-order valence-corrected chi connectivity index (χ3v) is 2.30. The Morgan fingerprint density at radius 1 is 1.38 bits per heavy atom. The van der Waals surface area contributed by atoms with E-state index in [4.69, 9.17) is 4.74 Å². The highest BCUT2D eigenvalue weighted by Crippen LogP contribution is 2.09. The summed E-state index contributed by atoms with van der Waals surface area (Å²) in [6.07, 6.45) is 1.77. The normalized spacial score (nSPS) is 10.2. The Labute approximate surface area is 96.8 Å². The van der Waals surface area contributed by atoms with Crippen molar-refractivity contribution in [3.8, 4) is 0 Å². The van der Waals surface area contributed by atoms with E-state index in [2.05, 4.69) is 34.0 Å². The van der Waals surface area contributed by atoms with E-state index in [0.29, 0.717) is 6.61 Å². The molecule has 90 valence electrons. The van der Waals surface area contributed by atoms with Crippen molar-refractivity contribution in [2.75, 3.05) is 43.6 Å². The molecule has 16 heavy (non-hydrogen) atoms. The highest BCUT2D eigenvalue weighted by atomic mass is 16.5. The lowest BCUT2D eigenvalue weighted by molar-refractivity contribution is 0.210. The minimum absolute atomic E-state index is 0.671. The zero-order valence-corrected chi connectivity index (χ0v) is 10.2. The van der Waals surface area contributed by atoms with Crippen molar-refractivity contribution in [1.29, 1.82) is 0 Å². The average molecular weight is 224 g/mol. The number of hydrogen-bond donors (Lipinski definition) is 1. The molecule has 5 nitrogen and oxygen atoms in total. The van der Waals surface area contributed by atoms with Crippen LogP contribution in [-0.2, 0) is 4.74 Å². The van der Waals surface area contributed by atoms with Crippen LogP contribution in [-0.4, -0.2) is 43.3 Å². The van der Waals surface area contributed by atoms with Crippen LogP contribution in [0.15, 0.2) is 12.3 Å². The Balaban J connectivity index is 2.62. The number of ether oxygens (including phenoxy) is 1. The Morgan fingerprint density at radius 3 is 2.75 bits per heavy atom. The molecule has 1 aromatic heterocycles. The molecule has 1 heterocycles. The molecule has 0 unspecified atom stereocenters. The van der Waals surface area contributed by atoms with Crippen LogP contribution in [0.2, 0.25) is 0 Å². The largest absolute Gasteiger partial charge is 0.383 e. The van der Waals surface area contributed by atoms with Crippen molar-refractivity contribution in [1.82, 2.24) is 9.97 Å². The van der Waals surface area contributed by atoms with Crippen LogP contribution in [0.4, 0.5) is 11.8 Å². The molecule has 0 amide bonds. The van der Waals surface area contributed by atoms with E-state index in [0.717, 1.165) is 31.4 Å². The first-order valence-corrected chi connectivity index (χ1v) is 5.62. The SMILES string of the molecule is CCN(CC)c1nccc(NCCOC)n1. The number of aromatic nitrogens is 2. The first kappa shape index (κ1) is 12.7. The van der Waals surface area contributed by atoms with Crippen molar-refractivity contribution in [3.05, 3.63) is 12.3 Å². The highest BCUT2D eigenvalue weighted by Gasteiger charge is 2.05. The molecule has 0 aliphatic rings. The van der Waals surface area contributed by atoms with Gasteiger partial charge < -0.3 is 15.0 Å². The van der Waals surface area contributed by atoms with Crippen molar-refractivity contribution < 1.29 is 4.74 Å². The van der Waals surface area contributed by atoms with E-state index in [9.17, 15) is 0 Å². The smallest absolute Gasteiger partial charge is 0.227 e. The summed E-state index contributed by atoms with van der Waals surface area (Å²) in [5.74, 6) is 1.61. The summed E-state index contributed by atoms with van der Waals surface area (Å²) < 4.78 is 4.97. The van der Waals surface area contributed by atoms with Gasteiger partial charge in [-0.15, -0.1) is 0 Å². The van der Waals surface area contributed by atoms with Crippen LogP contribution >= 0.6 is 0 Å². The summed E-state index contributed by atoms with van der Waals surface area (Å²) in [5, 5.41) is 3.19. The fraction of sp³-hybridized carbons (Fsp3) is 0.636. The molecule has 0 bridgehead atoms. The minimum atomic E-state index is 0.671. The van der Waals surface area contributed by atoms with Crippen LogP contribution in [0.5, 0.6) is 0 Å². The van der Waals surface area contributed by atoms with Crippen LogP contribution in [0.1, 0.15) is 13.8 Å². The number of anilines is 2. The van der Waals surface area contributed by atoms with E-state index < -0.39 is 0 Å². The second-order valence-electron chi connectivity index (χ2n) is 3.33. The van der Waals surface area contributed by atoms with Gasteiger partial charge >= 0.3 is 0 Å². The number of hydrogen-bond acceptors (Lipinski definition) is 5. The molecule has 1 aromatic rings. The standard InChI is InChI=1S/C11H20N4O/c1-4-15(5-2)11-13-7-6-10(14-11)12-8-9-16-3/h6-7H,4-5,8-9H2,1-3H3,(H,12,13,14). The fourth-order valence-corrected chi connectivity index (χ4v) is 1.39. The third-order valence-electron chi connectivity index (χ3n) is 2.30. The Hall–Kier alpha value is -1.36. The summed E-state index contributed by atoms with van der Waals surface area (Å²) in [6, 6.07) is 1.86. The van der Waals surface area contributed by atoms with Gasteiger partial charge in [-0.1, -0.05) is 0 Å². The maximum absolute atomic E-state index is 4.97. The minimum Gasteiger partial charge on any atom is -0.383 e. The predicted octanol–water partition coefficient (Wildman–Crippen LogP) is 1.38. The summed E-state index contributed by atoms with van der Waals surface area (Å²) in [5.41, 5.74) is 0. The van der Waals surface area contributed by atoms with Gasteiger partial charge in [0.2, 0.25) is 5.95 Å². The molecule has 0 fully saturated rings. The molecule has 1 N–H and O–H groups in total. The van der Waals surface area contributed by atoms with E-state index in [1.807, 2.05) is 6.07 Å². The number of nitrogens with zero attached hydrogens (tertiary/aromatic N) is 3. The summed E-state index contributed by atoms with van der Waals surface area (Å²) in [4.78, 5) is 10.8. The molecule has 0 spiro atoms. The van der Waals surface area contributed by atoms with E-state index in [1.165, 1.54) is 0 Å². The van der Waals surface area contributed by atoms with Crippen molar-refractivity contribution in [2.45, 2.75) is 13.8 Å². The summed E-state index contributed by atoms with van der Waals surface area (Å²) in [6.45, 7) is 7.45. The van der Waals surface area contributed by atoms with Crippen LogP contribution in [0, 0.1) is 0 Å². The van der Waals surface area contributed by atoms with Crippen molar-refractivity contribution >= 4 is 11.8 Å². The molecule has 0 aromatic carbocycles. The van der Waals surface area contributed by atoms with Gasteiger partial charge in [0.05, 0.1) is 6.61 Å². The average Bonchev–Trinajstić information content (AvgIpc) is 2.32. The quantitative estimate of drug-likeness (QED) is 0.709. The molecule has 5 heteroatoms. The highest BCUT2D eigenvalue weighted by molar-refractivity contribution is 5.40. The Morgan fingerprint density at radius 2 is 2.12 bits per heavy atom. The zero-order chi connectivity index (χ0) is 11.8. The van der Waals surface area contributed by atoms with Gasteiger partial charge in [-0.25, -0.2) is 4.98 Å². The maximum atomic E-state index is 4.97. The second kappa shape index (κ2) is 7.00. The lowest BCUT2D eigenvalue weighted by atomic mass is 10.5. The predicted molar refractivity (Wildman–Crippen MR) is 66.0 cm³/mol. The van der Waals surface area contributed by atoms with E-state index >= 15 is 0 Å². The number of rotatable bonds is 7. The van der Waals surface area contributed by atoms with Crippen molar-refractivity contribution in [2.24, 2.45) is 0 Å². The van der Waals surface area contributed by atoms with Crippen LogP contribution in [0.25, 0.3) is 0 Å². The Bertz CT molecular complexity index is 302. The maximum Gasteiger partial charge on any atom is 0.227 e. The van der Waals surface area contributed by atoms with Gasteiger partial charge in [0.25, 0.3) is 0 Å². The molecule has 0 atom stereocenters. The number of methoxy groups -OCH3 is 1. The molecule has 0 saturated heterocycles. The zero-order valence-electron chi connectivity index (χ0n) is 10.2. The molecular formula is C11H20N4O. The van der Waals surface area contributed by atoms with E-state index in [1.54, 1.807) is 13.3 Å². The number of nitrogens with one attached hydrogen (secondary N) is 1. The van der Waals surface area contributed by atoms with Gasteiger partial charge in [-0.05, 0) is 19.9 Å². The Kier molecular flexibility index (Phi) is 5.56. The van der Waals surface area contributed by atoms with E-state index in [-0.39, 0.29) is 0 Å². The molecule has 0 aliphatic heterocycles. The van der Waals surface area contributed by atoms with Crippen LogP contribution < -0.4 is 10.2 Å². The van der Waals surface area contributed by atoms with Crippen LogP contribution in [0.3, 0.4) is 0 Å². The summed E-state index contributed by atoms with van der Waals surface area (Å²) >= 11 is 0. The molecule has 0 aliphatic carbocycles. The second-order valence-corrected chi connectivity index (χ2v) is 3.33. The third kappa shape index (κ3) is 3.66. The molecule has 0 radical (unpaired) electrons. The molecular weight excluding hydrogens is 204 g/mol. The van der Waals surface area contributed by atoms with Gasteiger partial charge in [0.1, 0.15) is 5.82 Å². The lowest BCUT2D eigenvalue weighted by Crippen LogP contribution is -2.24. The topological polar surface area (TPSA) is 50.3 Å². The first-order valence-electron chi connectivity index (χ1n) is 5.62. The fourth-order valence-electron chi connectivity index (χ4n) is 1.39. The van der Waals surface area contributed by atoms with Crippen molar-refractivity contribution in [3.63, 3.8) is 0 Å². The monoisotopic (exact) mass is 224 g/mol. The summed E-state index contributed by atoms with van der Waals surface area (Å²) in [7, 11) is 1.68.